The molecule has 6 heteroatoms. The number of rotatable bonds is 11. The third kappa shape index (κ3) is 7.83. The number of aliphatic hydroxyl groups excluding tert-OH is 1. The summed E-state index contributed by atoms with van der Waals surface area (Å²) in [6, 6.07) is 0. The molecule has 0 saturated carbocycles. The van der Waals surface area contributed by atoms with Crippen molar-refractivity contribution in [1.29, 1.82) is 0 Å². The number of esters is 2. The summed E-state index contributed by atoms with van der Waals surface area (Å²) in [5, 5.41) is 9.22. The molecule has 0 spiro atoms. The number of carbonyl (C=O) groups excluding carboxylic acids is 2. The minimum absolute atomic E-state index is 0.252. The topological polar surface area (TPSA) is 72.8 Å². The fourth-order valence-corrected chi connectivity index (χ4v) is 2.18. The smallest absolute Gasteiger partial charge is 0.373 e. The molecule has 0 fully saturated rings. The van der Waals surface area contributed by atoms with Crippen LogP contribution in [0.25, 0.3) is 0 Å². The van der Waals surface area contributed by atoms with Crippen molar-refractivity contribution in [3.8, 4) is 0 Å². The van der Waals surface area contributed by atoms with Crippen LogP contribution in [0.2, 0.25) is 0 Å². The maximum atomic E-state index is 11.4. The summed E-state index contributed by atoms with van der Waals surface area (Å²) in [4.78, 5) is 22.8. The molecule has 0 atom stereocenters. The summed E-state index contributed by atoms with van der Waals surface area (Å²) < 4.78 is 10.9. The van der Waals surface area contributed by atoms with Crippen molar-refractivity contribution in [2.45, 2.75) is 34.1 Å². The van der Waals surface area contributed by atoms with Crippen LogP contribution in [-0.4, -0.2) is 60.9 Å². The molecule has 0 aliphatic rings. The number of carbonyl (C=O) groups is 2. The Labute approximate surface area is 139 Å². The SMILES string of the molecule is C=C(C)C(=O)OCC[N+](CC)(CC)CCCOC(=O)C(O)=CC. The van der Waals surface area contributed by atoms with Crippen molar-refractivity contribution < 1.29 is 28.7 Å². The summed E-state index contributed by atoms with van der Waals surface area (Å²) in [5.41, 5.74) is 0.395. The number of nitrogens with zero attached hydrogens (tertiary/aromatic N) is 1. The molecule has 0 bridgehead atoms. The molecule has 1 N–H and O–H groups in total. The van der Waals surface area contributed by atoms with Crippen molar-refractivity contribution >= 4 is 11.9 Å². The third-order valence-corrected chi connectivity index (χ3v) is 3.98. The van der Waals surface area contributed by atoms with Crippen LogP contribution in [0.5, 0.6) is 0 Å². The summed E-state index contributed by atoms with van der Waals surface area (Å²) in [7, 11) is 0. The fraction of sp³-hybridized carbons (Fsp3) is 0.647. The van der Waals surface area contributed by atoms with Gasteiger partial charge >= 0.3 is 11.9 Å². The van der Waals surface area contributed by atoms with E-state index in [1.54, 1.807) is 13.8 Å². The number of likely N-dealkylation sites (N-methyl/N-ethyl adjacent to an activating group) is 1. The van der Waals surface area contributed by atoms with E-state index < -0.39 is 5.97 Å². The van der Waals surface area contributed by atoms with Gasteiger partial charge in [-0.2, -0.15) is 0 Å². The highest BCUT2D eigenvalue weighted by Gasteiger charge is 2.23. The van der Waals surface area contributed by atoms with Crippen molar-refractivity contribution in [3.63, 3.8) is 0 Å². The molecule has 0 rings (SSSR count). The second kappa shape index (κ2) is 10.8. The van der Waals surface area contributed by atoms with E-state index in [0.717, 1.165) is 24.1 Å². The Morgan fingerprint density at radius 3 is 2.13 bits per heavy atom. The second-order valence-electron chi connectivity index (χ2n) is 5.50. The molecular weight excluding hydrogens is 298 g/mol. The first kappa shape index (κ1) is 21.2. The second-order valence-corrected chi connectivity index (χ2v) is 5.50. The fourth-order valence-electron chi connectivity index (χ4n) is 2.18. The average molecular weight is 328 g/mol. The largest absolute Gasteiger partial charge is 0.502 e. The number of quaternary nitrogens is 1. The van der Waals surface area contributed by atoms with Gasteiger partial charge in [-0.25, -0.2) is 9.59 Å². The Morgan fingerprint density at radius 2 is 1.65 bits per heavy atom. The van der Waals surface area contributed by atoms with E-state index >= 15 is 0 Å². The standard InChI is InChI=1S/C17H29NO5/c1-6-15(19)17(21)22-12-9-10-18(7-2,8-3)11-13-23-16(20)14(4)5/h6H,4,7-13H2,1-3,5H3/p+1. The number of aliphatic hydroxyl groups is 1. The average Bonchev–Trinajstić information content (AvgIpc) is 2.55. The minimum atomic E-state index is -0.700. The van der Waals surface area contributed by atoms with Gasteiger partial charge < -0.3 is 19.1 Å². The molecule has 0 saturated heterocycles. The maximum Gasteiger partial charge on any atom is 0.373 e. The van der Waals surface area contributed by atoms with Crippen LogP contribution in [0.15, 0.2) is 24.0 Å². The van der Waals surface area contributed by atoms with E-state index in [1.807, 2.05) is 0 Å². The molecule has 0 unspecified atom stereocenters. The van der Waals surface area contributed by atoms with Gasteiger partial charge in [0.15, 0.2) is 5.76 Å². The Bertz CT molecular complexity index is 438. The predicted molar refractivity (Wildman–Crippen MR) is 88.8 cm³/mol. The highest BCUT2D eigenvalue weighted by Crippen LogP contribution is 2.09. The van der Waals surface area contributed by atoms with Gasteiger partial charge in [0.1, 0.15) is 13.2 Å². The van der Waals surface area contributed by atoms with Crippen LogP contribution < -0.4 is 0 Å². The van der Waals surface area contributed by atoms with Gasteiger partial charge in [-0.1, -0.05) is 6.58 Å². The van der Waals surface area contributed by atoms with Gasteiger partial charge in [-0.05, 0) is 33.8 Å². The first-order valence-electron chi connectivity index (χ1n) is 8.02. The monoisotopic (exact) mass is 328 g/mol. The maximum absolute atomic E-state index is 11.4. The number of ether oxygens (including phenoxy) is 2. The molecule has 0 heterocycles. The summed E-state index contributed by atoms with van der Waals surface area (Å²) in [5.74, 6) is -1.44. The molecule has 0 aliphatic carbocycles. The van der Waals surface area contributed by atoms with E-state index in [2.05, 4.69) is 20.4 Å². The lowest BCUT2D eigenvalue weighted by Crippen LogP contribution is -2.50. The highest BCUT2D eigenvalue weighted by molar-refractivity contribution is 5.86. The Kier molecular flexibility index (Phi) is 9.97. The van der Waals surface area contributed by atoms with Gasteiger partial charge in [-0.15, -0.1) is 0 Å². The van der Waals surface area contributed by atoms with E-state index in [0.29, 0.717) is 25.1 Å². The van der Waals surface area contributed by atoms with Crippen molar-refractivity contribution in [2.75, 3.05) is 39.4 Å². The Balaban J connectivity index is 4.30. The summed E-state index contributed by atoms with van der Waals surface area (Å²) >= 11 is 0. The van der Waals surface area contributed by atoms with Gasteiger partial charge in [0.2, 0.25) is 0 Å². The first-order valence-corrected chi connectivity index (χ1v) is 8.02. The zero-order chi connectivity index (χ0) is 17.9. The predicted octanol–water partition coefficient (Wildman–Crippen LogP) is 2.36. The molecule has 0 aromatic heterocycles. The molecule has 132 valence electrons. The van der Waals surface area contributed by atoms with E-state index in [9.17, 15) is 14.7 Å². The minimum Gasteiger partial charge on any atom is -0.502 e. The van der Waals surface area contributed by atoms with Crippen molar-refractivity contribution in [3.05, 3.63) is 24.0 Å². The lowest BCUT2D eigenvalue weighted by atomic mass is 10.3. The third-order valence-electron chi connectivity index (χ3n) is 3.98. The van der Waals surface area contributed by atoms with Crippen LogP contribution in [0.1, 0.15) is 34.1 Å². The van der Waals surface area contributed by atoms with Crippen LogP contribution in [0, 0.1) is 0 Å². The van der Waals surface area contributed by atoms with Crippen molar-refractivity contribution in [1.82, 2.24) is 0 Å². The molecule has 0 radical (unpaired) electrons. The summed E-state index contributed by atoms with van der Waals surface area (Å²) in [6.45, 7) is 14.8. The highest BCUT2D eigenvalue weighted by atomic mass is 16.5. The van der Waals surface area contributed by atoms with Crippen LogP contribution in [0.3, 0.4) is 0 Å². The van der Waals surface area contributed by atoms with E-state index in [-0.39, 0.29) is 18.3 Å². The lowest BCUT2D eigenvalue weighted by Gasteiger charge is -2.36. The van der Waals surface area contributed by atoms with Crippen molar-refractivity contribution in [2.24, 2.45) is 0 Å². The zero-order valence-electron chi connectivity index (χ0n) is 14.8. The molecule has 0 aromatic rings. The number of hydrogen-bond acceptors (Lipinski definition) is 5. The van der Waals surface area contributed by atoms with E-state index in [1.165, 1.54) is 6.08 Å². The van der Waals surface area contributed by atoms with Gasteiger partial charge in [0, 0.05) is 12.0 Å². The summed E-state index contributed by atoms with van der Waals surface area (Å²) in [6.07, 6.45) is 1.98. The van der Waals surface area contributed by atoms with Gasteiger partial charge in [0.25, 0.3) is 0 Å². The Morgan fingerprint density at radius 1 is 1.09 bits per heavy atom. The zero-order valence-corrected chi connectivity index (χ0v) is 14.8. The van der Waals surface area contributed by atoms with Crippen LogP contribution >= 0.6 is 0 Å². The normalized spacial score (nSPS) is 11.9. The molecule has 0 amide bonds. The Hall–Kier alpha value is -1.82. The first-order chi connectivity index (χ1) is 10.8. The van der Waals surface area contributed by atoms with E-state index in [4.69, 9.17) is 9.47 Å². The molecule has 0 aromatic carbocycles. The molecule has 0 aliphatic heterocycles. The van der Waals surface area contributed by atoms with Crippen LogP contribution in [-0.2, 0) is 19.1 Å². The molecule has 23 heavy (non-hydrogen) atoms. The van der Waals surface area contributed by atoms with Crippen LogP contribution in [0.4, 0.5) is 0 Å². The molecule has 6 nitrogen and oxygen atoms in total. The molecular formula is C17H30NO5+. The number of allylic oxidation sites excluding steroid dienone is 1. The number of hydrogen-bond donors (Lipinski definition) is 1. The van der Waals surface area contributed by atoms with Gasteiger partial charge in [0.05, 0.1) is 26.2 Å². The quantitative estimate of drug-likeness (QED) is 0.207. The lowest BCUT2D eigenvalue weighted by molar-refractivity contribution is -0.925. The van der Waals surface area contributed by atoms with Gasteiger partial charge in [-0.3, -0.25) is 0 Å².